The van der Waals surface area contributed by atoms with Gasteiger partial charge in [0.25, 0.3) is 0 Å². The number of likely N-dealkylation sites (N-methyl/N-ethyl adjacent to an activating group) is 1. The average molecular weight is 157 g/mol. The van der Waals surface area contributed by atoms with E-state index in [-0.39, 0.29) is 11.3 Å². The van der Waals surface area contributed by atoms with Gasteiger partial charge in [0.1, 0.15) is 5.78 Å². The van der Waals surface area contributed by atoms with E-state index in [1.807, 2.05) is 0 Å². The van der Waals surface area contributed by atoms with Crippen molar-refractivity contribution in [2.24, 2.45) is 0 Å². The van der Waals surface area contributed by atoms with Gasteiger partial charge in [-0.3, -0.25) is 9.69 Å². The Bertz CT molecular complexity index is 135. The number of rotatable bonds is 3. The highest BCUT2D eigenvalue weighted by atomic mass is 16.1. The summed E-state index contributed by atoms with van der Waals surface area (Å²) < 4.78 is 0. The van der Waals surface area contributed by atoms with Gasteiger partial charge in [0.15, 0.2) is 0 Å². The maximum atomic E-state index is 10.8. The summed E-state index contributed by atoms with van der Waals surface area (Å²) in [5.74, 6) is 0.238. The Morgan fingerprint density at radius 2 is 1.82 bits per heavy atom. The van der Waals surface area contributed by atoms with Crippen LogP contribution in [0.4, 0.5) is 0 Å². The number of hydrogen-bond donors (Lipinski definition) is 0. The van der Waals surface area contributed by atoms with Gasteiger partial charge in [-0.2, -0.15) is 0 Å². The molecule has 0 unspecified atom stereocenters. The standard InChI is InChI=1S/C9H19NO/c1-6-10(7-8(2)11)9(3,4)5/h6-7H2,1-5H3. The van der Waals surface area contributed by atoms with Crippen molar-refractivity contribution in [1.29, 1.82) is 0 Å². The monoisotopic (exact) mass is 157 g/mol. The van der Waals surface area contributed by atoms with Gasteiger partial charge in [0.05, 0.1) is 6.54 Å². The van der Waals surface area contributed by atoms with E-state index in [9.17, 15) is 4.79 Å². The zero-order chi connectivity index (χ0) is 9.07. The van der Waals surface area contributed by atoms with Gasteiger partial charge < -0.3 is 0 Å². The molecule has 0 bridgehead atoms. The van der Waals surface area contributed by atoms with E-state index < -0.39 is 0 Å². The summed E-state index contributed by atoms with van der Waals surface area (Å²) in [4.78, 5) is 13.0. The fraction of sp³-hybridized carbons (Fsp3) is 0.889. The molecule has 0 rings (SSSR count). The first-order valence-electron chi connectivity index (χ1n) is 4.12. The third-order valence-corrected chi connectivity index (χ3v) is 1.74. The highest BCUT2D eigenvalue weighted by Gasteiger charge is 2.19. The molecule has 2 heteroatoms. The van der Waals surface area contributed by atoms with Gasteiger partial charge >= 0.3 is 0 Å². The molecular formula is C9H19NO. The molecule has 0 heterocycles. The molecule has 0 aromatic heterocycles. The van der Waals surface area contributed by atoms with Crippen LogP contribution in [-0.2, 0) is 4.79 Å². The Morgan fingerprint density at radius 3 is 1.91 bits per heavy atom. The summed E-state index contributed by atoms with van der Waals surface area (Å²) >= 11 is 0. The molecule has 0 amide bonds. The first-order chi connectivity index (χ1) is 4.88. The molecule has 0 saturated carbocycles. The predicted molar refractivity (Wildman–Crippen MR) is 47.7 cm³/mol. The second-order valence-corrected chi connectivity index (χ2v) is 3.89. The van der Waals surface area contributed by atoms with E-state index in [2.05, 4.69) is 32.6 Å². The Kier molecular flexibility index (Phi) is 3.73. The molecule has 0 aliphatic carbocycles. The van der Waals surface area contributed by atoms with Crippen LogP contribution in [0.1, 0.15) is 34.6 Å². The molecule has 0 aromatic rings. The third-order valence-electron chi connectivity index (χ3n) is 1.74. The van der Waals surface area contributed by atoms with Crippen molar-refractivity contribution in [3.8, 4) is 0 Å². The lowest BCUT2D eigenvalue weighted by Gasteiger charge is -2.33. The average Bonchev–Trinajstić information content (AvgIpc) is 1.79. The Morgan fingerprint density at radius 1 is 1.36 bits per heavy atom. The van der Waals surface area contributed by atoms with Gasteiger partial charge in [-0.1, -0.05) is 6.92 Å². The number of hydrogen-bond acceptors (Lipinski definition) is 2. The van der Waals surface area contributed by atoms with Gasteiger partial charge in [-0.15, -0.1) is 0 Å². The number of nitrogens with zero attached hydrogens (tertiary/aromatic N) is 1. The lowest BCUT2D eigenvalue weighted by Crippen LogP contribution is -2.43. The second-order valence-electron chi connectivity index (χ2n) is 3.89. The lowest BCUT2D eigenvalue weighted by molar-refractivity contribution is -0.119. The van der Waals surface area contributed by atoms with Crippen LogP contribution in [0, 0.1) is 0 Å². The van der Waals surface area contributed by atoms with E-state index in [0.717, 1.165) is 6.54 Å². The summed E-state index contributed by atoms with van der Waals surface area (Å²) in [6.07, 6.45) is 0. The molecule has 0 atom stereocenters. The highest BCUT2D eigenvalue weighted by molar-refractivity contribution is 5.77. The molecule has 66 valence electrons. The van der Waals surface area contributed by atoms with E-state index >= 15 is 0 Å². The summed E-state index contributed by atoms with van der Waals surface area (Å²) in [6, 6.07) is 0. The van der Waals surface area contributed by atoms with Gasteiger partial charge in [-0.05, 0) is 34.2 Å². The molecule has 0 spiro atoms. The Labute approximate surface area is 69.6 Å². The van der Waals surface area contributed by atoms with E-state index in [1.54, 1.807) is 6.92 Å². The maximum Gasteiger partial charge on any atom is 0.143 e. The number of ketones is 1. The van der Waals surface area contributed by atoms with Crippen molar-refractivity contribution < 1.29 is 4.79 Å². The molecule has 0 N–H and O–H groups in total. The van der Waals surface area contributed by atoms with Crippen LogP contribution in [0.25, 0.3) is 0 Å². The van der Waals surface area contributed by atoms with Crippen molar-refractivity contribution in [3.63, 3.8) is 0 Å². The van der Waals surface area contributed by atoms with Crippen LogP contribution >= 0.6 is 0 Å². The molecule has 0 aromatic carbocycles. The first kappa shape index (κ1) is 10.6. The SMILES string of the molecule is CCN(CC(C)=O)C(C)(C)C. The molecular weight excluding hydrogens is 138 g/mol. The van der Waals surface area contributed by atoms with Crippen molar-refractivity contribution in [3.05, 3.63) is 0 Å². The van der Waals surface area contributed by atoms with E-state index in [0.29, 0.717) is 6.54 Å². The second kappa shape index (κ2) is 3.86. The minimum Gasteiger partial charge on any atom is -0.299 e. The molecule has 0 aliphatic heterocycles. The zero-order valence-corrected chi connectivity index (χ0v) is 8.27. The highest BCUT2D eigenvalue weighted by Crippen LogP contribution is 2.11. The van der Waals surface area contributed by atoms with Crippen LogP contribution in [0.2, 0.25) is 0 Å². The summed E-state index contributed by atoms with van der Waals surface area (Å²) in [6.45, 7) is 11.6. The largest absolute Gasteiger partial charge is 0.299 e. The summed E-state index contributed by atoms with van der Waals surface area (Å²) in [5, 5.41) is 0. The van der Waals surface area contributed by atoms with Crippen molar-refractivity contribution in [2.45, 2.75) is 40.2 Å². The fourth-order valence-corrected chi connectivity index (χ4v) is 1.09. The Hall–Kier alpha value is -0.370. The fourth-order valence-electron chi connectivity index (χ4n) is 1.09. The van der Waals surface area contributed by atoms with Crippen LogP contribution in [0.3, 0.4) is 0 Å². The Balaban J connectivity index is 4.07. The van der Waals surface area contributed by atoms with E-state index in [1.165, 1.54) is 0 Å². The smallest absolute Gasteiger partial charge is 0.143 e. The maximum absolute atomic E-state index is 10.8. The van der Waals surface area contributed by atoms with Gasteiger partial charge in [-0.25, -0.2) is 0 Å². The van der Waals surface area contributed by atoms with Crippen LogP contribution < -0.4 is 0 Å². The molecule has 0 aliphatic rings. The van der Waals surface area contributed by atoms with Gasteiger partial charge in [0.2, 0.25) is 0 Å². The normalized spacial score (nSPS) is 12.2. The first-order valence-corrected chi connectivity index (χ1v) is 4.12. The molecule has 0 fully saturated rings. The number of carbonyl (C=O) groups excluding carboxylic acids is 1. The lowest BCUT2D eigenvalue weighted by atomic mass is 10.1. The van der Waals surface area contributed by atoms with Crippen molar-refractivity contribution in [1.82, 2.24) is 4.90 Å². The number of Topliss-reactive ketones (excluding diaryl/α,β-unsaturated/α-hetero) is 1. The predicted octanol–water partition coefficient (Wildman–Crippen LogP) is 1.70. The third kappa shape index (κ3) is 4.14. The molecule has 0 saturated heterocycles. The van der Waals surface area contributed by atoms with Crippen LogP contribution in [-0.4, -0.2) is 29.3 Å². The molecule has 0 radical (unpaired) electrons. The molecule has 11 heavy (non-hydrogen) atoms. The van der Waals surface area contributed by atoms with Crippen molar-refractivity contribution in [2.75, 3.05) is 13.1 Å². The minimum absolute atomic E-state index is 0.112. The minimum atomic E-state index is 0.112. The van der Waals surface area contributed by atoms with Gasteiger partial charge in [0, 0.05) is 5.54 Å². The number of carbonyl (C=O) groups is 1. The van der Waals surface area contributed by atoms with Crippen LogP contribution in [0.15, 0.2) is 0 Å². The quantitative estimate of drug-likeness (QED) is 0.621. The summed E-state index contributed by atoms with van der Waals surface area (Å²) in [5.41, 5.74) is 0.112. The van der Waals surface area contributed by atoms with E-state index in [4.69, 9.17) is 0 Å². The molecule has 2 nitrogen and oxygen atoms in total. The zero-order valence-electron chi connectivity index (χ0n) is 8.27. The summed E-state index contributed by atoms with van der Waals surface area (Å²) in [7, 11) is 0. The van der Waals surface area contributed by atoms with Crippen LogP contribution in [0.5, 0.6) is 0 Å². The topological polar surface area (TPSA) is 20.3 Å². The van der Waals surface area contributed by atoms with Crippen molar-refractivity contribution >= 4 is 5.78 Å².